The molecule has 0 saturated carbocycles. The van der Waals surface area contributed by atoms with Gasteiger partial charge >= 0.3 is 0 Å². The molecule has 3 heteroatoms. The van der Waals surface area contributed by atoms with E-state index < -0.39 is 0 Å². The Balaban J connectivity index is 2.07. The monoisotopic (exact) mass is 211 g/mol. The Kier molecular flexibility index (Phi) is 3.21. The molecule has 0 spiro atoms. The summed E-state index contributed by atoms with van der Waals surface area (Å²) in [4.78, 5) is 1.26. The predicted octanol–water partition coefficient (Wildman–Crippen LogP) is 2.09. The van der Waals surface area contributed by atoms with Gasteiger partial charge in [0.25, 0.3) is 0 Å². The second-order valence-corrected chi connectivity index (χ2v) is 5.08. The van der Waals surface area contributed by atoms with Crippen molar-refractivity contribution in [2.75, 3.05) is 13.1 Å². The van der Waals surface area contributed by atoms with Crippen LogP contribution in [0.15, 0.2) is 11.4 Å². The van der Waals surface area contributed by atoms with E-state index in [1.165, 1.54) is 4.88 Å². The molecule has 1 fully saturated rings. The standard InChI is InChI=1S/C11H17NOS/c1-8-10(4-7-14-8)11(13)9-2-5-12-6-3-9/h4,7,9,11-13H,2-3,5-6H2,1H3. The van der Waals surface area contributed by atoms with Crippen LogP contribution in [0.4, 0.5) is 0 Å². The molecular formula is C11H17NOS. The van der Waals surface area contributed by atoms with E-state index in [1.807, 2.05) is 0 Å². The average Bonchev–Trinajstić information content (AvgIpc) is 2.65. The molecule has 0 amide bonds. The van der Waals surface area contributed by atoms with Gasteiger partial charge in [-0.25, -0.2) is 0 Å². The van der Waals surface area contributed by atoms with Gasteiger partial charge in [-0.2, -0.15) is 0 Å². The lowest BCUT2D eigenvalue weighted by atomic mass is 9.88. The summed E-state index contributed by atoms with van der Waals surface area (Å²) in [5.41, 5.74) is 1.14. The first-order valence-electron chi connectivity index (χ1n) is 5.22. The minimum absolute atomic E-state index is 0.247. The van der Waals surface area contributed by atoms with E-state index in [-0.39, 0.29) is 6.10 Å². The summed E-state index contributed by atoms with van der Waals surface area (Å²) in [5.74, 6) is 0.449. The average molecular weight is 211 g/mol. The quantitative estimate of drug-likeness (QED) is 0.785. The van der Waals surface area contributed by atoms with Crippen LogP contribution >= 0.6 is 11.3 Å². The summed E-state index contributed by atoms with van der Waals surface area (Å²) in [6.07, 6.45) is 1.94. The molecule has 0 aliphatic carbocycles. The van der Waals surface area contributed by atoms with Crippen molar-refractivity contribution in [1.29, 1.82) is 0 Å². The first-order valence-corrected chi connectivity index (χ1v) is 6.10. The van der Waals surface area contributed by atoms with Crippen LogP contribution in [0.1, 0.15) is 29.4 Å². The van der Waals surface area contributed by atoms with E-state index in [0.717, 1.165) is 31.5 Å². The van der Waals surface area contributed by atoms with E-state index in [1.54, 1.807) is 11.3 Å². The molecular weight excluding hydrogens is 194 g/mol. The molecule has 1 saturated heterocycles. The van der Waals surface area contributed by atoms with E-state index in [0.29, 0.717) is 5.92 Å². The Hall–Kier alpha value is -0.380. The molecule has 1 atom stereocenters. The molecule has 2 nitrogen and oxygen atoms in total. The Morgan fingerprint density at radius 1 is 1.50 bits per heavy atom. The first-order chi connectivity index (χ1) is 6.79. The van der Waals surface area contributed by atoms with Crippen molar-refractivity contribution < 1.29 is 5.11 Å². The molecule has 1 aliphatic heterocycles. The molecule has 0 aromatic carbocycles. The third kappa shape index (κ3) is 2.00. The van der Waals surface area contributed by atoms with Crippen molar-refractivity contribution in [3.63, 3.8) is 0 Å². The molecule has 2 N–H and O–H groups in total. The van der Waals surface area contributed by atoms with Gasteiger partial charge in [-0.05, 0) is 55.8 Å². The molecule has 1 unspecified atom stereocenters. The summed E-state index contributed by atoms with van der Waals surface area (Å²) >= 11 is 1.72. The Morgan fingerprint density at radius 2 is 2.21 bits per heavy atom. The van der Waals surface area contributed by atoms with Crippen LogP contribution in [0.25, 0.3) is 0 Å². The first kappa shape index (κ1) is 10.1. The van der Waals surface area contributed by atoms with E-state index in [9.17, 15) is 5.11 Å². The number of rotatable bonds is 2. The SMILES string of the molecule is Cc1sccc1C(O)C1CCNCC1. The minimum atomic E-state index is -0.247. The van der Waals surface area contributed by atoms with Crippen LogP contribution in [0.2, 0.25) is 0 Å². The van der Waals surface area contributed by atoms with Crippen molar-refractivity contribution in [2.24, 2.45) is 5.92 Å². The third-order valence-corrected chi connectivity index (χ3v) is 3.91. The van der Waals surface area contributed by atoms with Crippen molar-refractivity contribution in [2.45, 2.75) is 25.9 Å². The fourth-order valence-electron chi connectivity index (χ4n) is 2.12. The van der Waals surface area contributed by atoms with Gasteiger partial charge in [-0.15, -0.1) is 11.3 Å². The number of hydrogen-bond acceptors (Lipinski definition) is 3. The Labute approximate surface area is 89.0 Å². The van der Waals surface area contributed by atoms with E-state index in [4.69, 9.17) is 0 Å². The van der Waals surface area contributed by atoms with Gasteiger partial charge < -0.3 is 10.4 Å². The van der Waals surface area contributed by atoms with E-state index in [2.05, 4.69) is 23.7 Å². The second kappa shape index (κ2) is 4.43. The maximum Gasteiger partial charge on any atom is 0.0829 e. The smallest absolute Gasteiger partial charge is 0.0829 e. The number of piperidine rings is 1. The second-order valence-electron chi connectivity index (χ2n) is 3.96. The summed E-state index contributed by atoms with van der Waals surface area (Å²) in [7, 11) is 0. The van der Waals surface area contributed by atoms with Crippen molar-refractivity contribution in [3.05, 3.63) is 21.9 Å². The molecule has 2 heterocycles. The fourth-order valence-corrected chi connectivity index (χ4v) is 2.86. The summed E-state index contributed by atoms with van der Waals surface area (Å²) in [5, 5.41) is 15.6. The van der Waals surface area contributed by atoms with E-state index >= 15 is 0 Å². The molecule has 1 aromatic rings. The Morgan fingerprint density at radius 3 is 2.79 bits per heavy atom. The van der Waals surface area contributed by atoms with Gasteiger partial charge in [-0.3, -0.25) is 0 Å². The zero-order valence-electron chi connectivity index (χ0n) is 8.49. The summed E-state index contributed by atoms with van der Waals surface area (Å²) in [6.45, 7) is 4.18. The normalized spacial score (nSPS) is 21.0. The van der Waals surface area contributed by atoms with Crippen LogP contribution in [0.5, 0.6) is 0 Å². The third-order valence-electron chi connectivity index (χ3n) is 3.05. The van der Waals surface area contributed by atoms with Crippen LogP contribution in [-0.2, 0) is 0 Å². The Bertz CT molecular complexity index is 291. The maximum absolute atomic E-state index is 10.2. The zero-order chi connectivity index (χ0) is 9.97. The molecule has 0 bridgehead atoms. The van der Waals surface area contributed by atoms with Gasteiger partial charge in [-0.1, -0.05) is 0 Å². The highest BCUT2D eigenvalue weighted by molar-refractivity contribution is 7.10. The maximum atomic E-state index is 10.2. The fraction of sp³-hybridized carbons (Fsp3) is 0.636. The van der Waals surface area contributed by atoms with Gasteiger partial charge in [0.1, 0.15) is 0 Å². The molecule has 0 radical (unpaired) electrons. The van der Waals surface area contributed by atoms with Crippen molar-refractivity contribution in [3.8, 4) is 0 Å². The lowest BCUT2D eigenvalue weighted by Crippen LogP contribution is -2.30. The van der Waals surface area contributed by atoms with Crippen LogP contribution < -0.4 is 5.32 Å². The van der Waals surface area contributed by atoms with Crippen LogP contribution in [0, 0.1) is 12.8 Å². The molecule has 2 rings (SSSR count). The topological polar surface area (TPSA) is 32.3 Å². The largest absolute Gasteiger partial charge is 0.388 e. The highest BCUT2D eigenvalue weighted by Gasteiger charge is 2.24. The summed E-state index contributed by atoms with van der Waals surface area (Å²) in [6, 6.07) is 2.06. The van der Waals surface area contributed by atoms with Gasteiger partial charge in [0.15, 0.2) is 0 Å². The van der Waals surface area contributed by atoms with Crippen molar-refractivity contribution >= 4 is 11.3 Å². The van der Waals surface area contributed by atoms with Gasteiger partial charge in [0.2, 0.25) is 0 Å². The molecule has 1 aliphatic rings. The zero-order valence-corrected chi connectivity index (χ0v) is 9.31. The van der Waals surface area contributed by atoms with Crippen LogP contribution in [-0.4, -0.2) is 18.2 Å². The van der Waals surface area contributed by atoms with Gasteiger partial charge in [0.05, 0.1) is 6.10 Å². The number of aliphatic hydroxyl groups is 1. The number of thiophene rings is 1. The lowest BCUT2D eigenvalue weighted by Gasteiger charge is -2.27. The summed E-state index contributed by atoms with van der Waals surface area (Å²) < 4.78 is 0. The number of aryl methyl sites for hydroxylation is 1. The van der Waals surface area contributed by atoms with Crippen LogP contribution in [0.3, 0.4) is 0 Å². The molecule has 78 valence electrons. The molecule has 1 aromatic heterocycles. The number of aliphatic hydroxyl groups excluding tert-OH is 1. The van der Waals surface area contributed by atoms with Gasteiger partial charge in [0, 0.05) is 4.88 Å². The predicted molar refractivity (Wildman–Crippen MR) is 59.6 cm³/mol. The highest BCUT2D eigenvalue weighted by atomic mass is 32.1. The van der Waals surface area contributed by atoms with Crippen molar-refractivity contribution in [1.82, 2.24) is 5.32 Å². The minimum Gasteiger partial charge on any atom is -0.388 e. The molecule has 14 heavy (non-hydrogen) atoms. The lowest BCUT2D eigenvalue weighted by molar-refractivity contribution is 0.0888. The number of nitrogens with one attached hydrogen (secondary N) is 1. The highest BCUT2D eigenvalue weighted by Crippen LogP contribution is 2.32. The number of hydrogen-bond donors (Lipinski definition) is 2.